The lowest BCUT2D eigenvalue weighted by Gasteiger charge is -2.08. The van der Waals surface area contributed by atoms with Crippen LogP contribution in [0.3, 0.4) is 0 Å². The van der Waals surface area contributed by atoms with E-state index in [2.05, 4.69) is 11.8 Å². The molecule has 0 saturated heterocycles. The van der Waals surface area contributed by atoms with Gasteiger partial charge in [0.1, 0.15) is 11.6 Å². The van der Waals surface area contributed by atoms with Gasteiger partial charge < -0.3 is 9.47 Å². The molecule has 0 unspecified atom stereocenters. The summed E-state index contributed by atoms with van der Waals surface area (Å²) in [5, 5.41) is 0. The summed E-state index contributed by atoms with van der Waals surface area (Å²) in [5.41, 5.74) is 0.491. The molecular formula is C14H14ClFO2. The van der Waals surface area contributed by atoms with Crippen LogP contribution in [0.4, 0.5) is 4.39 Å². The van der Waals surface area contributed by atoms with E-state index in [-0.39, 0.29) is 18.5 Å². The lowest BCUT2D eigenvalue weighted by Crippen LogP contribution is -2.06. The minimum Gasteiger partial charge on any atom is -0.466 e. The van der Waals surface area contributed by atoms with E-state index in [0.29, 0.717) is 17.2 Å². The zero-order chi connectivity index (χ0) is 12.8. The van der Waals surface area contributed by atoms with Crippen LogP contribution in [-0.2, 0) is 4.74 Å². The average molecular weight is 269 g/mol. The average Bonchev–Trinajstić information content (AvgIpc) is 3.18. The van der Waals surface area contributed by atoms with Gasteiger partial charge in [-0.15, -0.1) is 11.6 Å². The van der Waals surface area contributed by atoms with Crippen LogP contribution >= 0.6 is 11.6 Å². The summed E-state index contributed by atoms with van der Waals surface area (Å²) in [6, 6.07) is 4.21. The summed E-state index contributed by atoms with van der Waals surface area (Å²) in [5.74, 6) is 6.51. The fourth-order valence-electron chi connectivity index (χ4n) is 1.46. The van der Waals surface area contributed by atoms with Gasteiger partial charge in [0.2, 0.25) is 0 Å². The molecule has 0 spiro atoms. The van der Waals surface area contributed by atoms with E-state index in [9.17, 15) is 4.39 Å². The van der Waals surface area contributed by atoms with Gasteiger partial charge in [-0.1, -0.05) is 11.8 Å². The molecule has 0 aromatic heterocycles. The van der Waals surface area contributed by atoms with Crippen LogP contribution in [-0.4, -0.2) is 19.3 Å². The Morgan fingerprint density at radius 1 is 1.39 bits per heavy atom. The monoisotopic (exact) mass is 268 g/mol. The van der Waals surface area contributed by atoms with Crippen molar-refractivity contribution in [3.8, 4) is 17.6 Å². The van der Waals surface area contributed by atoms with Gasteiger partial charge in [-0.3, -0.25) is 0 Å². The normalized spacial score (nSPS) is 13.9. The molecule has 0 aliphatic heterocycles. The predicted molar refractivity (Wildman–Crippen MR) is 68.2 cm³/mol. The third kappa shape index (κ3) is 4.21. The van der Waals surface area contributed by atoms with Gasteiger partial charge in [0, 0.05) is 0 Å². The summed E-state index contributed by atoms with van der Waals surface area (Å²) >= 11 is 5.48. The van der Waals surface area contributed by atoms with Crippen molar-refractivity contribution in [2.45, 2.75) is 12.8 Å². The Morgan fingerprint density at radius 2 is 2.22 bits per heavy atom. The number of halogens is 2. The van der Waals surface area contributed by atoms with Crippen molar-refractivity contribution in [1.29, 1.82) is 0 Å². The van der Waals surface area contributed by atoms with Crippen molar-refractivity contribution in [2.75, 3.05) is 19.3 Å². The van der Waals surface area contributed by atoms with E-state index in [1.165, 1.54) is 25.0 Å². The van der Waals surface area contributed by atoms with Gasteiger partial charge in [0.15, 0.2) is 6.79 Å². The second-order valence-electron chi connectivity index (χ2n) is 4.15. The highest BCUT2D eigenvalue weighted by Crippen LogP contribution is 2.28. The molecule has 0 radical (unpaired) electrons. The van der Waals surface area contributed by atoms with Crippen molar-refractivity contribution >= 4 is 11.6 Å². The maximum Gasteiger partial charge on any atom is 0.189 e. The van der Waals surface area contributed by atoms with Crippen molar-refractivity contribution in [1.82, 2.24) is 0 Å². The highest BCUT2D eigenvalue weighted by Gasteiger charge is 2.21. The molecule has 1 saturated carbocycles. The number of ether oxygens (including phenoxy) is 2. The van der Waals surface area contributed by atoms with Crippen molar-refractivity contribution < 1.29 is 13.9 Å². The second kappa shape index (κ2) is 6.63. The van der Waals surface area contributed by atoms with Crippen molar-refractivity contribution in [3.05, 3.63) is 29.6 Å². The Kier molecular flexibility index (Phi) is 4.86. The van der Waals surface area contributed by atoms with Crippen LogP contribution in [0.2, 0.25) is 0 Å². The van der Waals surface area contributed by atoms with E-state index in [1.807, 2.05) is 0 Å². The topological polar surface area (TPSA) is 18.5 Å². The second-order valence-corrected chi connectivity index (χ2v) is 4.42. The van der Waals surface area contributed by atoms with Gasteiger partial charge in [0.05, 0.1) is 18.1 Å². The molecule has 1 fully saturated rings. The van der Waals surface area contributed by atoms with Crippen LogP contribution in [0.15, 0.2) is 18.2 Å². The van der Waals surface area contributed by atoms with Crippen LogP contribution in [0.1, 0.15) is 18.4 Å². The van der Waals surface area contributed by atoms with Crippen LogP contribution in [0, 0.1) is 23.6 Å². The van der Waals surface area contributed by atoms with Crippen LogP contribution < -0.4 is 4.74 Å². The first-order chi connectivity index (χ1) is 8.79. The fourth-order valence-corrected chi connectivity index (χ4v) is 1.53. The molecular weight excluding hydrogens is 255 g/mol. The van der Waals surface area contributed by atoms with Gasteiger partial charge in [-0.2, -0.15) is 0 Å². The summed E-state index contributed by atoms with van der Waals surface area (Å²) in [4.78, 5) is 0. The largest absolute Gasteiger partial charge is 0.466 e. The molecule has 0 N–H and O–H groups in total. The van der Waals surface area contributed by atoms with Crippen LogP contribution in [0.5, 0.6) is 5.75 Å². The maximum absolute atomic E-state index is 13.1. The number of hydrogen-bond acceptors (Lipinski definition) is 2. The predicted octanol–water partition coefficient (Wildman–Crippen LogP) is 3.18. The smallest absolute Gasteiger partial charge is 0.189 e. The van der Waals surface area contributed by atoms with Gasteiger partial charge in [0.25, 0.3) is 0 Å². The molecule has 1 aromatic rings. The quantitative estimate of drug-likeness (QED) is 0.353. The molecule has 0 heterocycles. The summed E-state index contributed by atoms with van der Waals surface area (Å²) < 4.78 is 23.9. The third-order valence-corrected chi connectivity index (χ3v) is 2.71. The first-order valence-electron chi connectivity index (χ1n) is 5.84. The number of alkyl halides is 1. The van der Waals surface area contributed by atoms with E-state index in [0.717, 1.165) is 6.61 Å². The lowest BCUT2D eigenvalue weighted by molar-refractivity contribution is 0.00979. The van der Waals surface area contributed by atoms with Gasteiger partial charge in [-0.25, -0.2) is 4.39 Å². The Labute approximate surface area is 111 Å². The van der Waals surface area contributed by atoms with Crippen LogP contribution in [0.25, 0.3) is 0 Å². The molecule has 18 heavy (non-hydrogen) atoms. The zero-order valence-electron chi connectivity index (χ0n) is 9.92. The Hall–Kier alpha value is -1.24. The number of benzene rings is 1. The zero-order valence-corrected chi connectivity index (χ0v) is 10.7. The third-order valence-electron chi connectivity index (χ3n) is 2.58. The lowest BCUT2D eigenvalue weighted by atomic mass is 10.2. The summed E-state index contributed by atoms with van der Waals surface area (Å²) in [7, 11) is 0. The fraction of sp³-hybridized carbons (Fsp3) is 0.429. The molecule has 1 aliphatic rings. The first kappa shape index (κ1) is 13.2. The molecule has 96 valence electrons. The summed E-state index contributed by atoms with van der Waals surface area (Å²) in [6.07, 6.45) is 2.48. The minimum atomic E-state index is -0.347. The molecule has 1 aliphatic carbocycles. The summed E-state index contributed by atoms with van der Waals surface area (Å²) in [6.45, 7) is 0.890. The Morgan fingerprint density at radius 3 is 2.94 bits per heavy atom. The Bertz CT molecular complexity index is 461. The highest BCUT2D eigenvalue weighted by atomic mass is 35.5. The highest BCUT2D eigenvalue weighted by molar-refractivity contribution is 6.19. The first-order valence-corrected chi connectivity index (χ1v) is 6.38. The maximum atomic E-state index is 13.1. The van der Waals surface area contributed by atoms with E-state index in [4.69, 9.17) is 21.1 Å². The number of hydrogen-bond donors (Lipinski definition) is 0. The molecule has 4 heteroatoms. The molecule has 2 nitrogen and oxygen atoms in total. The molecule has 2 rings (SSSR count). The van der Waals surface area contributed by atoms with E-state index in [1.54, 1.807) is 6.07 Å². The SMILES string of the molecule is Fc1ccc(OCOCC2CC2)c(C#CCCl)c1. The molecule has 1 aromatic carbocycles. The standard InChI is InChI=1S/C14H14ClFO2/c15-7-1-2-12-8-13(16)5-6-14(12)18-10-17-9-11-3-4-11/h5-6,8,11H,3-4,7,9-10H2. The molecule has 0 atom stereocenters. The van der Waals surface area contributed by atoms with E-state index < -0.39 is 0 Å². The number of rotatable bonds is 5. The van der Waals surface area contributed by atoms with Gasteiger partial charge >= 0.3 is 0 Å². The minimum absolute atomic E-state index is 0.164. The molecule has 0 amide bonds. The van der Waals surface area contributed by atoms with Gasteiger partial charge in [-0.05, 0) is 37.0 Å². The Balaban J connectivity index is 1.92. The van der Waals surface area contributed by atoms with Crippen molar-refractivity contribution in [3.63, 3.8) is 0 Å². The van der Waals surface area contributed by atoms with Crippen molar-refractivity contribution in [2.24, 2.45) is 5.92 Å². The molecule has 0 bridgehead atoms. The van der Waals surface area contributed by atoms with E-state index >= 15 is 0 Å².